The number of hydrogen-bond donors (Lipinski definition) is 2. The predicted octanol–water partition coefficient (Wildman–Crippen LogP) is 0.319. The molecular weight excluding hydrogens is 130 g/mol. The lowest BCUT2D eigenvalue weighted by Gasteiger charge is -2.08. The van der Waals surface area contributed by atoms with E-state index in [1.807, 2.05) is 6.92 Å². The highest BCUT2D eigenvalue weighted by Gasteiger charge is 2.15. The van der Waals surface area contributed by atoms with E-state index in [0.29, 0.717) is 0 Å². The van der Waals surface area contributed by atoms with E-state index in [1.165, 1.54) is 0 Å². The van der Waals surface area contributed by atoms with Crippen LogP contribution in [0.15, 0.2) is 4.99 Å². The Morgan fingerprint density at radius 1 is 1.50 bits per heavy atom. The summed E-state index contributed by atoms with van der Waals surface area (Å²) < 4.78 is 0. The second-order valence-corrected chi connectivity index (χ2v) is 2.16. The molecule has 5 heteroatoms. The average molecular weight is 137 g/mol. The summed E-state index contributed by atoms with van der Waals surface area (Å²) in [5.74, 6) is 0.780. The Morgan fingerprint density at radius 3 is 3.20 bits per heavy atom. The number of aromatic nitrogens is 3. The lowest BCUT2D eigenvalue weighted by atomic mass is 10.2. The van der Waals surface area contributed by atoms with Crippen molar-refractivity contribution in [1.82, 2.24) is 15.4 Å². The second-order valence-electron chi connectivity index (χ2n) is 2.16. The fourth-order valence-corrected chi connectivity index (χ4v) is 0.917. The van der Waals surface area contributed by atoms with Gasteiger partial charge in [-0.05, 0) is 6.92 Å². The van der Waals surface area contributed by atoms with Gasteiger partial charge in [-0.25, -0.2) is 0 Å². The first kappa shape index (κ1) is 5.40. The molecule has 5 nitrogen and oxygen atoms in total. The van der Waals surface area contributed by atoms with Gasteiger partial charge in [0.2, 0.25) is 0 Å². The van der Waals surface area contributed by atoms with Gasteiger partial charge < -0.3 is 5.32 Å². The fourth-order valence-electron chi connectivity index (χ4n) is 0.917. The molecule has 0 radical (unpaired) electrons. The molecule has 52 valence electrons. The van der Waals surface area contributed by atoms with Gasteiger partial charge in [-0.1, -0.05) is 0 Å². The normalized spacial score (nSPS) is 21.9. The van der Waals surface area contributed by atoms with Crippen molar-refractivity contribution < 1.29 is 0 Å². The Balaban J connectivity index is 2.48. The standard InChI is InChI=1S/C5H7N5/c1-3-4-5(7-2-6-3)9-10-8-4/h2-3H,1H3,(H2,6,7,8,9,10). The number of fused-ring (bicyclic) bond motifs is 1. The van der Waals surface area contributed by atoms with Crippen LogP contribution < -0.4 is 5.32 Å². The zero-order valence-corrected chi connectivity index (χ0v) is 5.50. The maximum atomic E-state index is 4.08. The molecule has 1 atom stereocenters. The number of aromatic amines is 1. The molecule has 0 amide bonds. The summed E-state index contributed by atoms with van der Waals surface area (Å²) in [6, 6.07) is 0.120. The molecule has 0 saturated carbocycles. The van der Waals surface area contributed by atoms with Crippen molar-refractivity contribution in [3.05, 3.63) is 5.69 Å². The van der Waals surface area contributed by atoms with E-state index < -0.39 is 0 Å². The summed E-state index contributed by atoms with van der Waals surface area (Å²) in [6.45, 7) is 1.97. The van der Waals surface area contributed by atoms with Crippen LogP contribution in [-0.2, 0) is 0 Å². The molecule has 10 heavy (non-hydrogen) atoms. The molecule has 2 rings (SSSR count). The molecule has 0 saturated heterocycles. The summed E-state index contributed by atoms with van der Waals surface area (Å²) in [6.07, 6.45) is 1.63. The summed E-state index contributed by atoms with van der Waals surface area (Å²) >= 11 is 0. The third-order valence-electron chi connectivity index (χ3n) is 1.47. The maximum absolute atomic E-state index is 4.08. The molecule has 2 heterocycles. The SMILES string of the molecule is CC1N=CNc2n[nH]nc21. The highest BCUT2D eigenvalue weighted by atomic mass is 15.4. The molecule has 0 aliphatic carbocycles. The molecule has 1 aliphatic rings. The minimum absolute atomic E-state index is 0.120. The first-order valence-corrected chi connectivity index (χ1v) is 3.07. The first-order chi connectivity index (χ1) is 4.88. The number of H-pyrrole nitrogens is 1. The van der Waals surface area contributed by atoms with Crippen molar-refractivity contribution in [2.45, 2.75) is 13.0 Å². The Bertz CT molecular complexity index is 263. The predicted molar refractivity (Wildman–Crippen MR) is 36.9 cm³/mol. The van der Waals surface area contributed by atoms with Crippen LogP contribution in [0.3, 0.4) is 0 Å². The van der Waals surface area contributed by atoms with Crippen LogP contribution in [0.4, 0.5) is 5.82 Å². The lowest BCUT2D eigenvalue weighted by Crippen LogP contribution is -2.07. The van der Waals surface area contributed by atoms with Gasteiger partial charge in [0.05, 0.1) is 12.4 Å². The molecule has 0 aromatic carbocycles. The van der Waals surface area contributed by atoms with Crippen molar-refractivity contribution in [2.24, 2.45) is 4.99 Å². The summed E-state index contributed by atoms with van der Waals surface area (Å²) in [7, 11) is 0. The molecule has 1 unspecified atom stereocenters. The van der Waals surface area contributed by atoms with E-state index in [2.05, 4.69) is 25.7 Å². The van der Waals surface area contributed by atoms with E-state index in [-0.39, 0.29) is 6.04 Å². The van der Waals surface area contributed by atoms with Crippen LogP contribution in [0.25, 0.3) is 0 Å². The third kappa shape index (κ3) is 0.601. The number of anilines is 1. The highest BCUT2D eigenvalue weighted by Crippen LogP contribution is 2.22. The van der Waals surface area contributed by atoms with Gasteiger partial charge in [0.25, 0.3) is 0 Å². The molecular formula is C5H7N5. The number of rotatable bonds is 0. The zero-order valence-electron chi connectivity index (χ0n) is 5.50. The van der Waals surface area contributed by atoms with Crippen molar-refractivity contribution in [1.29, 1.82) is 0 Å². The second kappa shape index (κ2) is 1.80. The number of nitrogens with zero attached hydrogens (tertiary/aromatic N) is 3. The Labute approximate surface area is 57.6 Å². The molecule has 1 aliphatic heterocycles. The molecule has 0 fully saturated rings. The summed E-state index contributed by atoms with van der Waals surface area (Å²) in [5.41, 5.74) is 0.877. The zero-order chi connectivity index (χ0) is 6.97. The van der Waals surface area contributed by atoms with Crippen LogP contribution in [0, 0.1) is 0 Å². The van der Waals surface area contributed by atoms with Gasteiger partial charge in [-0.2, -0.15) is 10.3 Å². The topological polar surface area (TPSA) is 66.0 Å². The number of hydrogen-bond acceptors (Lipinski definition) is 4. The van der Waals surface area contributed by atoms with Gasteiger partial charge in [0.1, 0.15) is 5.69 Å². The van der Waals surface area contributed by atoms with E-state index in [1.54, 1.807) is 6.34 Å². The largest absolute Gasteiger partial charge is 0.328 e. The molecule has 2 N–H and O–H groups in total. The van der Waals surface area contributed by atoms with Gasteiger partial charge in [0.15, 0.2) is 5.82 Å². The Morgan fingerprint density at radius 2 is 2.40 bits per heavy atom. The summed E-state index contributed by atoms with van der Waals surface area (Å²) in [5, 5.41) is 13.2. The number of aliphatic imine (C=N–C) groups is 1. The fraction of sp³-hybridized carbons (Fsp3) is 0.400. The van der Waals surface area contributed by atoms with Crippen LogP contribution in [0.1, 0.15) is 18.7 Å². The van der Waals surface area contributed by atoms with E-state index in [9.17, 15) is 0 Å². The smallest absolute Gasteiger partial charge is 0.178 e. The average Bonchev–Trinajstić information content (AvgIpc) is 2.36. The molecule has 0 spiro atoms. The van der Waals surface area contributed by atoms with Crippen LogP contribution in [0.5, 0.6) is 0 Å². The minimum Gasteiger partial charge on any atom is -0.328 e. The van der Waals surface area contributed by atoms with Crippen LogP contribution >= 0.6 is 0 Å². The first-order valence-electron chi connectivity index (χ1n) is 3.07. The van der Waals surface area contributed by atoms with Crippen molar-refractivity contribution in [3.63, 3.8) is 0 Å². The van der Waals surface area contributed by atoms with Crippen LogP contribution in [0.2, 0.25) is 0 Å². The van der Waals surface area contributed by atoms with E-state index >= 15 is 0 Å². The van der Waals surface area contributed by atoms with Crippen molar-refractivity contribution in [2.75, 3.05) is 5.32 Å². The van der Waals surface area contributed by atoms with Crippen LogP contribution in [-0.4, -0.2) is 21.7 Å². The minimum atomic E-state index is 0.120. The molecule has 1 aromatic rings. The maximum Gasteiger partial charge on any atom is 0.178 e. The van der Waals surface area contributed by atoms with Gasteiger partial charge in [-0.15, -0.1) is 5.10 Å². The monoisotopic (exact) mass is 137 g/mol. The number of nitrogens with one attached hydrogen (secondary N) is 2. The molecule has 1 aromatic heterocycles. The Hall–Kier alpha value is -1.39. The van der Waals surface area contributed by atoms with Crippen molar-refractivity contribution >= 4 is 12.2 Å². The quantitative estimate of drug-likeness (QED) is 0.541. The molecule has 0 bridgehead atoms. The van der Waals surface area contributed by atoms with Gasteiger partial charge in [-0.3, -0.25) is 4.99 Å². The van der Waals surface area contributed by atoms with Crippen molar-refractivity contribution in [3.8, 4) is 0 Å². The third-order valence-corrected chi connectivity index (χ3v) is 1.47. The van der Waals surface area contributed by atoms with E-state index in [4.69, 9.17) is 0 Å². The lowest BCUT2D eigenvalue weighted by molar-refractivity contribution is 0.770. The van der Waals surface area contributed by atoms with Gasteiger partial charge in [0, 0.05) is 0 Å². The Kier molecular flexibility index (Phi) is 0.969. The summed E-state index contributed by atoms with van der Waals surface area (Å²) in [4.78, 5) is 4.08. The highest BCUT2D eigenvalue weighted by molar-refractivity contribution is 5.77. The van der Waals surface area contributed by atoms with Gasteiger partial charge >= 0.3 is 0 Å². The van der Waals surface area contributed by atoms with E-state index in [0.717, 1.165) is 11.5 Å².